The first-order chi connectivity index (χ1) is 12.8. The molecule has 138 valence electrons. The van der Waals surface area contributed by atoms with Gasteiger partial charge >= 0.3 is 0 Å². The molecule has 0 amide bonds. The predicted molar refractivity (Wildman–Crippen MR) is 99.4 cm³/mol. The Hall–Kier alpha value is -1.82. The number of hydrogen-bond acceptors (Lipinski definition) is 5. The van der Waals surface area contributed by atoms with E-state index in [1.54, 1.807) is 6.20 Å². The second-order valence-electron chi connectivity index (χ2n) is 7.50. The van der Waals surface area contributed by atoms with Gasteiger partial charge in [0.25, 0.3) is 0 Å². The Morgan fingerprint density at radius 2 is 2.23 bits per heavy atom. The fourth-order valence-corrected chi connectivity index (χ4v) is 4.30. The van der Waals surface area contributed by atoms with Crippen LogP contribution in [0.4, 0.5) is 0 Å². The van der Waals surface area contributed by atoms with Crippen molar-refractivity contribution in [2.75, 3.05) is 26.3 Å². The summed E-state index contributed by atoms with van der Waals surface area (Å²) in [6, 6.07) is 10.2. The Morgan fingerprint density at radius 3 is 3.08 bits per heavy atom. The maximum Gasteiger partial charge on any atom is 0.0732 e. The van der Waals surface area contributed by atoms with Gasteiger partial charge in [-0.25, -0.2) is 0 Å². The van der Waals surface area contributed by atoms with Gasteiger partial charge in [0.05, 0.1) is 25.0 Å². The lowest BCUT2D eigenvalue weighted by Crippen LogP contribution is -2.56. The van der Waals surface area contributed by atoms with Gasteiger partial charge in [-0.15, -0.1) is 0 Å². The van der Waals surface area contributed by atoms with Crippen molar-refractivity contribution in [3.05, 3.63) is 60.2 Å². The molecule has 0 radical (unpaired) electrons. The standard InChI is InChI=1S/C21H27N3O2/c1-2-10-23-19(6-1)14-24-11-7-20-21(16-24,8-4-12-26-20)17-25-15-18-5-3-9-22-13-18/h1-3,5-6,9-10,13,20H,4,7-8,11-12,14-17H2. The molecule has 26 heavy (non-hydrogen) atoms. The van der Waals surface area contributed by atoms with E-state index in [0.29, 0.717) is 12.7 Å². The van der Waals surface area contributed by atoms with Crippen LogP contribution in [0.3, 0.4) is 0 Å². The average molecular weight is 353 g/mol. The van der Waals surface area contributed by atoms with Gasteiger partial charge in [0.1, 0.15) is 0 Å². The topological polar surface area (TPSA) is 47.5 Å². The van der Waals surface area contributed by atoms with Crippen LogP contribution >= 0.6 is 0 Å². The number of piperidine rings is 1. The van der Waals surface area contributed by atoms with E-state index >= 15 is 0 Å². The maximum atomic E-state index is 6.16. The van der Waals surface area contributed by atoms with E-state index in [1.165, 1.54) is 6.42 Å². The van der Waals surface area contributed by atoms with Crippen molar-refractivity contribution >= 4 is 0 Å². The molecule has 5 nitrogen and oxygen atoms in total. The lowest BCUT2D eigenvalue weighted by atomic mass is 9.73. The molecule has 0 aliphatic carbocycles. The summed E-state index contributed by atoms with van der Waals surface area (Å²) >= 11 is 0. The fraction of sp³-hybridized carbons (Fsp3) is 0.524. The molecule has 0 N–H and O–H groups in total. The minimum Gasteiger partial charge on any atom is -0.377 e. The van der Waals surface area contributed by atoms with Gasteiger partial charge in [-0.1, -0.05) is 12.1 Å². The second-order valence-corrected chi connectivity index (χ2v) is 7.50. The monoisotopic (exact) mass is 353 g/mol. The van der Waals surface area contributed by atoms with E-state index in [1.807, 2.05) is 24.5 Å². The first-order valence-corrected chi connectivity index (χ1v) is 9.55. The molecule has 4 heterocycles. The molecule has 2 aromatic rings. The zero-order chi connectivity index (χ0) is 17.7. The highest BCUT2D eigenvalue weighted by Gasteiger charge is 2.46. The number of rotatable bonds is 6. The molecule has 2 aliphatic rings. The third kappa shape index (κ3) is 4.11. The van der Waals surface area contributed by atoms with Crippen molar-refractivity contribution in [1.82, 2.24) is 14.9 Å². The first-order valence-electron chi connectivity index (χ1n) is 9.55. The third-order valence-corrected chi connectivity index (χ3v) is 5.56. The van der Waals surface area contributed by atoms with Crippen LogP contribution in [0.1, 0.15) is 30.5 Å². The van der Waals surface area contributed by atoms with Crippen LogP contribution in [0.5, 0.6) is 0 Å². The van der Waals surface area contributed by atoms with E-state index in [4.69, 9.17) is 9.47 Å². The number of nitrogens with zero attached hydrogens (tertiary/aromatic N) is 3. The highest BCUT2D eigenvalue weighted by atomic mass is 16.5. The predicted octanol–water partition coefficient (Wildman–Crippen LogP) is 3.06. The molecule has 5 heteroatoms. The normalized spacial score (nSPS) is 26.4. The number of pyridine rings is 2. The third-order valence-electron chi connectivity index (χ3n) is 5.56. The van der Waals surface area contributed by atoms with Gasteiger partial charge in [0, 0.05) is 50.2 Å². The van der Waals surface area contributed by atoms with Gasteiger partial charge in [-0.05, 0) is 43.0 Å². The SMILES string of the molecule is c1ccc(CN2CCC3OCCCC3(COCc3cccnc3)C2)nc1. The van der Waals surface area contributed by atoms with Gasteiger partial charge in [0.15, 0.2) is 0 Å². The maximum absolute atomic E-state index is 6.16. The Balaban J connectivity index is 1.41. The van der Waals surface area contributed by atoms with Crippen molar-refractivity contribution < 1.29 is 9.47 Å². The smallest absolute Gasteiger partial charge is 0.0732 e. The number of likely N-dealkylation sites (tertiary alicyclic amines) is 1. The molecule has 2 aromatic heterocycles. The molecular formula is C21H27N3O2. The summed E-state index contributed by atoms with van der Waals surface area (Å²) in [5.41, 5.74) is 2.35. The number of aromatic nitrogens is 2. The quantitative estimate of drug-likeness (QED) is 0.799. The van der Waals surface area contributed by atoms with Crippen molar-refractivity contribution in [2.45, 2.75) is 38.5 Å². The Kier molecular flexibility index (Phi) is 5.58. The van der Waals surface area contributed by atoms with Gasteiger partial charge in [0.2, 0.25) is 0 Å². The van der Waals surface area contributed by atoms with Crippen LogP contribution in [-0.2, 0) is 22.6 Å². The summed E-state index contributed by atoms with van der Waals surface area (Å²) in [4.78, 5) is 11.2. The molecule has 0 saturated carbocycles. The molecule has 0 bridgehead atoms. The molecule has 4 rings (SSSR count). The van der Waals surface area contributed by atoms with E-state index in [2.05, 4.69) is 33.1 Å². The number of ether oxygens (including phenoxy) is 2. The van der Waals surface area contributed by atoms with Gasteiger partial charge in [-0.2, -0.15) is 0 Å². The molecule has 0 spiro atoms. The van der Waals surface area contributed by atoms with Crippen LogP contribution in [0.25, 0.3) is 0 Å². The van der Waals surface area contributed by atoms with Gasteiger partial charge in [-0.3, -0.25) is 14.9 Å². The van der Waals surface area contributed by atoms with Crippen molar-refractivity contribution in [1.29, 1.82) is 0 Å². The summed E-state index contributed by atoms with van der Waals surface area (Å²) in [5, 5.41) is 0. The second kappa shape index (κ2) is 8.25. The summed E-state index contributed by atoms with van der Waals surface area (Å²) in [5.74, 6) is 0. The van der Waals surface area contributed by atoms with Crippen LogP contribution in [-0.4, -0.2) is 47.3 Å². The molecule has 2 fully saturated rings. The van der Waals surface area contributed by atoms with Gasteiger partial charge < -0.3 is 9.47 Å². The molecule has 2 aliphatic heterocycles. The van der Waals surface area contributed by atoms with Crippen molar-refractivity contribution in [3.63, 3.8) is 0 Å². The van der Waals surface area contributed by atoms with E-state index in [0.717, 1.165) is 56.9 Å². The highest BCUT2D eigenvalue weighted by Crippen LogP contribution is 2.40. The van der Waals surface area contributed by atoms with Crippen LogP contribution < -0.4 is 0 Å². The highest BCUT2D eigenvalue weighted by molar-refractivity contribution is 5.07. The minimum absolute atomic E-state index is 0.0908. The summed E-state index contributed by atoms with van der Waals surface area (Å²) < 4.78 is 12.3. The lowest BCUT2D eigenvalue weighted by Gasteiger charge is -2.50. The Labute approximate surface area is 155 Å². The lowest BCUT2D eigenvalue weighted by molar-refractivity contribution is -0.155. The first kappa shape index (κ1) is 17.6. The molecule has 0 aromatic carbocycles. The van der Waals surface area contributed by atoms with E-state index in [-0.39, 0.29) is 5.41 Å². The van der Waals surface area contributed by atoms with E-state index < -0.39 is 0 Å². The minimum atomic E-state index is 0.0908. The number of hydrogen-bond donors (Lipinski definition) is 0. The van der Waals surface area contributed by atoms with E-state index in [9.17, 15) is 0 Å². The fourth-order valence-electron chi connectivity index (χ4n) is 4.30. The van der Waals surface area contributed by atoms with Crippen LogP contribution in [0.15, 0.2) is 48.9 Å². The van der Waals surface area contributed by atoms with Crippen molar-refractivity contribution in [3.8, 4) is 0 Å². The van der Waals surface area contributed by atoms with Crippen LogP contribution in [0.2, 0.25) is 0 Å². The summed E-state index contributed by atoms with van der Waals surface area (Å²) in [7, 11) is 0. The zero-order valence-electron chi connectivity index (χ0n) is 15.2. The summed E-state index contributed by atoms with van der Waals surface area (Å²) in [6.45, 7) is 5.22. The summed E-state index contributed by atoms with van der Waals surface area (Å²) in [6.07, 6.45) is 9.21. The van der Waals surface area contributed by atoms with Crippen LogP contribution in [0, 0.1) is 5.41 Å². The molecule has 2 atom stereocenters. The zero-order valence-corrected chi connectivity index (χ0v) is 15.2. The van der Waals surface area contributed by atoms with Crippen molar-refractivity contribution in [2.24, 2.45) is 5.41 Å². The largest absolute Gasteiger partial charge is 0.377 e. The number of fused-ring (bicyclic) bond motifs is 1. The average Bonchev–Trinajstić information content (AvgIpc) is 2.69. The Morgan fingerprint density at radius 1 is 1.23 bits per heavy atom. The molecule has 2 unspecified atom stereocenters. The Bertz CT molecular complexity index is 682. The molecular weight excluding hydrogens is 326 g/mol. The molecule has 2 saturated heterocycles.